The van der Waals surface area contributed by atoms with Gasteiger partial charge in [-0.25, -0.2) is 8.78 Å². The predicted molar refractivity (Wildman–Crippen MR) is 68.5 cm³/mol. The summed E-state index contributed by atoms with van der Waals surface area (Å²) in [7, 11) is 0. The molecule has 0 atom stereocenters. The zero-order chi connectivity index (χ0) is 13.1. The van der Waals surface area contributed by atoms with Crippen molar-refractivity contribution in [2.45, 2.75) is 6.42 Å². The average molecular weight is 311 g/mol. The molecule has 4 heteroatoms. The van der Waals surface area contributed by atoms with E-state index in [1.807, 2.05) is 0 Å². The molecule has 92 valence electrons. The van der Waals surface area contributed by atoms with Crippen LogP contribution in [0.3, 0.4) is 0 Å². The molecule has 0 aliphatic carbocycles. The van der Waals surface area contributed by atoms with Crippen LogP contribution in [0.4, 0.5) is 8.78 Å². The maximum absolute atomic E-state index is 13.0. The molecule has 0 unspecified atom stereocenters. The van der Waals surface area contributed by atoms with Crippen molar-refractivity contribution in [3.05, 3.63) is 69.7 Å². The summed E-state index contributed by atoms with van der Waals surface area (Å²) in [6.45, 7) is 0. The number of halogens is 3. The second-order valence-electron chi connectivity index (χ2n) is 3.88. The molecule has 0 amide bonds. The van der Waals surface area contributed by atoms with Gasteiger partial charge in [0.05, 0.1) is 0 Å². The van der Waals surface area contributed by atoms with Crippen LogP contribution in [-0.2, 0) is 6.42 Å². The number of hydrogen-bond donors (Lipinski definition) is 0. The molecule has 0 spiro atoms. The Hall–Kier alpha value is -1.55. The first-order valence-corrected chi connectivity index (χ1v) is 6.07. The van der Waals surface area contributed by atoms with Gasteiger partial charge in [0.15, 0.2) is 5.78 Å². The molecule has 0 aliphatic heterocycles. The van der Waals surface area contributed by atoms with E-state index < -0.39 is 11.6 Å². The van der Waals surface area contributed by atoms with Crippen LogP contribution in [0.1, 0.15) is 15.9 Å². The van der Waals surface area contributed by atoms with E-state index >= 15 is 0 Å². The summed E-state index contributed by atoms with van der Waals surface area (Å²) in [5.74, 6) is -1.52. The van der Waals surface area contributed by atoms with Gasteiger partial charge in [-0.3, -0.25) is 4.79 Å². The zero-order valence-electron chi connectivity index (χ0n) is 9.29. The van der Waals surface area contributed by atoms with E-state index in [0.29, 0.717) is 11.1 Å². The highest BCUT2D eigenvalue weighted by atomic mass is 79.9. The maximum Gasteiger partial charge on any atom is 0.167 e. The average Bonchev–Trinajstić information content (AvgIpc) is 2.28. The molecule has 0 bridgehead atoms. The van der Waals surface area contributed by atoms with Gasteiger partial charge in [-0.15, -0.1) is 0 Å². The lowest BCUT2D eigenvalue weighted by Crippen LogP contribution is -2.04. The van der Waals surface area contributed by atoms with Gasteiger partial charge in [0.25, 0.3) is 0 Å². The summed E-state index contributed by atoms with van der Waals surface area (Å²) in [5.41, 5.74) is 0.850. The highest BCUT2D eigenvalue weighted by Gasteiger charge is 2.09. The molecular weight excluding hydrogens is 302 g/mol. The van der Waals surface area contributed by atoms with Gasteiger partial charge in [0, 0.05) is 22.5 Å². The topological polar surface area (TPSA) is 17.1 Å². The van der Waals surface area contributed by atoms with Crippen LogP contribution in [-0.4, -0.2) is 5.78 Å². The number of hydrogen-bond acceptors (Lipinski definition) is 1. The molecule has 2 rings (SSSR count). The molecule has 0 N–H and O–H groups in total. The largest absolute Gasteiger partial charge is 0.294 e. The third kappa shape index (κ3) is 3.23. The van der Waals surface area contributed by atoms with Crippen LogP contribution in [0.25, 0.3) is 0 Å². The maximum atomic E-state index is 13.0. The number of ketones is 1. The molecule has 0 heterocycles. The molecule has 0 saturated heterocycles. The molecule has 0 fully saturated rings. The van der Waals surface area contributed by atoms with Crippen molar-refractivity contribution in [1.29, 1.82) is 0 Å². The van der Waals surface area contributed by atoms with Gasteiger partial charge in [-0.2, -0.15) is 0 Å². The van der Waals surface area contributed by atoms with Gasteiger partial charge >= 0.3 is 0 Å². The van der Waals surface area contributed by atoms with E-state index in [-0.39, 0.29) is 12.2 Å². The van der Waals surface area contributed by atoms with Crippen LogP contribution >= 0.6 is 15.9 Å². The molecule has 1 nitrogen and oxygen atoms in total. The number of Topliss-reactive ketones (excluding diaryl/α,β-unsaturated/α-hetero) is 1. The van der Waals surface area contributed by atoms with Crippen molar-refractivity contribution in [3.8, 4) is 0 Å². The minimum absolute atomic E-state index is 0.0175. The second-order valence-corrected chi connectivity index (χ2v) is 4.80. The molecule has 2 aromatic carbocycles. The minimum atomic E-state index is -0.673. The Bertz CT molecular complexity index is 559. The monoisotopic (exact) mass is 310 g/mol. The van der Waals surface area contributed by atoms with Crippen LogP contribution in [0.2, 0.25) is 0 Å². The number of rotatable bonds is 3. The highest BCUT2D eigenvalue weighted by Crippen LogP contribution is 2.14. The lowest BCUT2D eigenvalue weighted by Gasteiger charge is -2.02. The Morgan fingerprint density at radius 3 is 2.11 bits per heavy atom. The van der Waals surface area contributed by atoms with Crippen LogP contribution < -0.4 is 0 Å². The van der Waals surface area contributed by atoms with E-state index in [2.05, 4.69) is 15.9 Å². The molecule has 0 radical (unpaired) electrons. The van der Waals surface area contributed by atoms with Crippen molar-refractivity contribution in [3.63, 3.8) is 0 Å². The molecule has 2 aromatic rings. The fourth-order valence-electron chi connectivity index (χ4n) is 1.64. The first-order chi connectivity index (χ1) is 8.54. The first kappa shape index (κ1) is 12.9. The first-order valence-electron chi connectivity index (χ1n) is 5.28. The summed E-state index contributed by atoms with van der Waals surface area (Å²) in [6.07, 6.45) is -0.0175. The van der Waals surface area contributed by atoms with Crippen molar-refractivity contribution in [2.24, 2.45) is 0 Å². The molecule has 0 aromatic heterocycles. The van der Waals surface area contributed by atoms with Gasteiger partial charge in [0.2, 0.25) is 0 Å². The predicted octanol–water partition coefficient (Wildman–Crippen LogP) is 4.15. The van der Waals surface area contributed by atoms with E-state index in [1.165, 1.54) is 12.1 Å². The normalized spacial score (nSPS) is 10.4. The Kier molecular flexibility index (Phi) is 3.87. The summed E-state index contributed by atoms with van der Waals surface area (Å²) < 4.78 is 26.8. The molecule has 18 heavy (non-hydrogen) atoms. The number of benzene rings is 2. The third-order valence-corrected chi connectivity index (χ3v) is 2.98. The lowest BCUT2D eigenvalue weighted by atomic mass is 10.0. The van der Waals surface area contributed by atoms with Crippen LogP contribution in [0.5, 0.6) is 0 Å². The molecular formula is C14H9BrF2O. The summed E-state index contributed by atoms with van der Waals surface area (Å²) >= 11 is 3.27. The summed E-state index contributed by atoms with van der Waals surface area (Å²) in [6, 6.07) is 9.95. The Morgan fingerprint density at radius 1 is 1.00 bits per heavy atom. The number of carbonyl (C=O) groups is 1. The Labute approximate surface area is 112 Å². The Balaban J connectivity index is 2.18. The van der Waals surface area contributed by atoms with Gasteiger partial charge in [-0.1, -0.05) is 28.1 Å². The van der Waals surface area contributed by atoms with E-state index in [0.717, 1.165) is 10.5 Å². The Morgan fingerprint density at radius 2 is 1.56 bits per heavy atom. The summed E-state index contributed by atoms with van der Waals surface area (Å²) in [4.78, 5) is 11.9. The fourth-order valence-corrected chi connectivity index (χ4v) is 1.90. The van der Waals surface area contributed by atoms with E-state index in [4.69, 9.17) is 0 Å². The van der Waals surface area contributed by atoms with Crippen molar-refractivity contribution >= 4 is 21.7 Å². The minimum Gasteiger partial charge on any atom is -0.294 e. The number of carbonyl (C=O) groups excluding carboxylic acids is 1. The lowest BCUT2D eigenvalue weighted by molar-refractivity contribution is 0.0993. The van der Waals surface area contributed by atoms with E-state index in [1.54, 1.807) is 24.3 Å². The standard InChI is InChI=1S/C14H9BrF2O/c15-11-3-1-10(2-4-11)14(18)7-9-5-12(16)8-13(17)6-9/h1-6,8H,7H2. The van der Waals surface area contributed by atoms with E-state index in [9.17, 15) is 13.6 Å². The third-order valence-electron chi connectivity index (χ3n) is 2.45. The highest BCUT2D eigenvalue weighted by molar-refractivity contribution is 9.10. The van der Waals surface area contributed by atoms with Gasteiger partial charge in [-0.05, 0) is 29.8 Å². The fraction of sp³-hybridized carbons (Fsp3) is 0.0714. The SMILES string of the molecule is O=C(Cc1cc(F)cc(F)c1)c1ccc(Br)cc1. The smallest absolute Gasteiger partial charge is 0.167 e. The van der Waals surface area contributed by atoms with Crippen LogP contribution in [0.15, 0.2) is 46.9 Å². The van der Waals surface area contributed by atoms with Gasteiger partial charge in [0.1, 0.15) is 11.6 Å². The molecule has 0 aliphatic rings. The summed E-state index contributed by atoms with van der Waals surface area (Å²) in [5, 5.41) is 0. The molecule has 0 saturated carbocycles. The van der Waals surface area contributed by atoms with Crippen molar-refractivity contribution < 1.29 is 13.6 Å². The van der Waals surface area contributed by atoms with Crippen molar-refractivity contribution in [2.75, 3.05) is 0 Å². The second kappa shape index (κ2) is 5.40. The quantitative estimate of drug-likeness (QED) is 0.778. The zero-order valence-corrected chi connectivity index (χ0v) is 10.9. The van der Waals surface area contributed by atoms with Crippen LogP contribution in [0, 0.1) is 11.6 Å². The van der Waals surface area contributed by atoms with Gasteiger partial charge < -0.3 is 0 Å². The van der Waals surface area contributed by atoms with Crippen molar-refractivity contribution in [1.82, 2.24) is 0 Å².